The van der Waals surface area contributed by atoms with E-state index in [9.17, 15) is 36.7 Å². The largest absolute Gasteiger partial charge is 0.247 e. The molecule has 0 bridgehead atoms. The summed E-state index contributed by atoms with van der Waals surface area (Å²) < 4.78 is 51.9. The molecule has 0 spiro atoms. The zero-order valence-electron chi connectivity index (χ0n) is 17.7. The number of rotatable bonds is 18. The van der Waals surface area contributed by atoms with Crippen molar-refractivity contribution in [1.82, 2.24) is 0 Å². The number of carbonyl (C=O) groups excluding carboxylic acids is 4. The maximum absolute atomic E-state index is 13.1. The Bertz CT molecular complexity index is 660. The van der Waals surface area contributed by atoms with Gasteiger partial charge in [0.05, 0.1) is 26.2 Å². The third kappa shape index (κ3) is 23.5. The first-order valence-corrected chi connectivity index (χ1v) is 10.1. The Hall–Kier alpha value is -2.76. The number of alkyl halides is 4. The van der Waals surface area contributed by atoms with Crippen molar-refractivity contribution in [2.75, 3.05) is 26.2 Å². The maximum Gasteiger partial charge on any atom is 0.235 e. The lowest BCUT2D eigenvalue weighted by atomic mass is 10.1. The van der Waals surface area contributed by atoms with Crippen LogP contribution in [0, 0.1) is 0 Å². The van der Waals surface area contributed by atoms with Crippen molar-refractivity contribution in [2.45, 2.75) is 76.1 Å². The molecule has 0 rings (SSSR count). The number of hydrogen-bond acceptors (Lipinski definition) is 8. The molecule has 0 heterocycles. The van der Waals surface area contributed by atoms with E-state index in [1.807, 2.05) is 0 Å². The number of halogens is 4. The van der Waals surface area contributed by atoms with Crippen molar-refractivity contribution >= 4 is 24.3 Å². The summed E-state index contributed by atoms with van der Waals surface area (Å²) in [7, 11) is 0. The summed E-state index contributed by atoms with van der Waals surface area (Å²) in [6.45, 7) is -0.112. The first-order chi connectivity index (χ1) is 15.4. The van der Waals surface area contributed by atoms with Gasteiger partial charge in [-0.25, -0.2) is 56.7 Å². The Balaban J connectivity index is 0. The highest BCUT2D eigenvalue weighted by molar-refractivity contribution is 5.33. The van der Waals surface area contributed by atoms with Crippen LogP contribution in [0.4, 0.5) is 17.6 Å². The van der Waals surface area contributed by atoms with Crippen LogP contribution in [-0.4, -0.2) is 75.2 Å². The molecule has 0 aliphatic rings. The molecule has 0 saturated carbocycles. The second-order valence-corrected chi connectivity index (χ2v) is 6.62. The molecule has 8 nitrogen and oxygen atoms in total. The van der Waals surface area contributed by atoms with E-state index in [2.05, 4.69) is 20.0 Å². The normalized spacial score (nSPS) is 13.4. The fourth-order valence-electron chi connectivity index (χ4n) is 2.38. The molecule has 0 radical (unpaired) electrons. The van der Waals surface area contributed by atoms with Gasteiger partial charge in [0.25, 0.3) is 0 Å². The summed E-state index contributed by atoms with van der Waals surface area (Å²) in [4.78, 5) is 51.4. The van der Waals surface area contributed by atoms with Crippen molar-refractivity contribution in [1.29, 1.82) is 0 Å². The molecule has 0 aliphatic heterocycles. The molecule has 4 unspecified atom stereocenters. The van der Waals surface area contributed by atoms with E-state index in [-0.39, 0.29) is 25.8 Å². The Morgan fingerprint density at radius 1 is 0.531 bits per heavy atom. The first kappa shape index (κ1) is 31.4. The van der Waals surface area contributed by atoms with Gasteiger partial charge in [-0.05, 0) is 32.1 Å². The quantitative estimate of drug-likeness (QED) is 0.133. The van der Waals surface area contributed by atoms with E-state index < -0.39 is 31.2 Å². The molecule has 0 aromatic carbocycles. The van der Waals surface area contributed by atoms with Crippen LogP contribution in [0.1, 0.15) is 51.4 Å². The molecule has 0 amide bonds. The smallest absolute Gasteiger partial charge is 0.235 e. The monoisotopic (exact) mass is 464 g/mol. The van der Waals surface area contributed by atoms with Gasteiger partial charge >= 0.3 is 0 Å². The minimum absolute atomic E-state index is 0.0837. The fraction of sp³-hybridized carbons (Fsp3) is 0.800. The molecule has 12 heteroatoms. The molecular weight excluding hydrogens is 436 g/mol. The highest BCUT2D eigenvalue weighted by Crippen LogP contribution is 2.14. The van der Waals surface area contributed by atoms with Crippen molar-refractivity contribution in [2.24, 2.45) is 20.0 Å². The minimum atomic E-state index is -1.74. The van der Waals surface area contributed by atoms with Crippen LogP contribution >= 0.6 is 0 Å². The molecule has 0 saturated heterocycles. The van der Waals surface area contributed by atoms with E-state index in [0.717, 1.165) is 6.08 Å². The standard InChI is InChI=1S/2C10H14F2N2O2/c11-9(3-1-2-4-13-7-15)5-10(12)6-14-8-16;11-9(10(12)6-14-8-16)4-2-1-3-5-13-7-15/h2*9-10H,1-6H2. The Labute approximate surface area is 184 Å². The van der Waals surface area contributed by atoms with Crippen LogP contribution in [0.25, 0.3) is 0 Å². The predicted octanol–water partition coefficient (Wildman–Crippen LogP) is 3.79. The lowest BCUT2D eigenvalue weighted by molar-refractivity contribution is 0.161. The van der Waals surface area contributed by atoms with Gasteiger partial charge in [0.2, 0.25) is 24.3 Å². The molecule has 0 aliphatic carbocycles. The molecular formula is C20H28F4N4O4. The van der Waals surface area contributed by atoms with Gasteiger partial charge in [-0.15, -0.1) is 0 Å². The SMILES string of the molecule is O=C=NCCCCC(F)CC(F)CN=C=O.O=C=NCCCCCC(F)C(F)CN=C=O. The molecule has 0 N–H and O–H groups in total. The van der Waals surface area contributed by atoms with Gasteiger partial charge in [0.15, 0.2) is 6.17 Å². The van der Waals surface area contributed by atoms with Crippen LogP contribution in [0.5, 0.6) is 0 Å². The van der Waals surface area contributed by atoms with E-state index in [1.165, 1.54) is 18.2 Å². The Kier molecular flexibility index (Phi) is 24.1. The number of isocyanates is 4. The minimum Gasteiger partial charge on any atom is -0.247 e. The lowest BCUT2D eigenvalue weighted by Crippen LogP contribution is -2.20. The summed E-state index contributed by atoms with van der Waals surface area (Å²) in [6, 6.07) is 0. The average Bonchev–Trinajstić information content (AvgIpc) is 2.78. The van der Waals surface area contributed by atoms with Crippen LogP contribution in [0.15, 0.2) is 20.0 Å². The molecule has 32 heavy (non-hydrogen) atoms. The zero-order chi connectivity index (χ0) is 24.5. The Morgan fingerprint density at radius 3 is 1.59 bits per heavy atom. The van der Waals surface area contributed by atoms with Gasteiger partial charge in [-0.2, -0.15) is 0 Å². The summed E-state index contributed by atoms with van der Waals surface area (Å²) in [5.74, 6) is 0. The van der Waals surface area contributed by atoms with Crippen molar-refractivity contribution in [3.63, 3.8) is 0 Å². The first-order valence-electron chi connectivity index (χ1n) is 10.1. The highest BCUT2D eigenvalue weighted by atomic mass is 19.2. The van der Waals surface area contributed by atoms with Gasteiger partial charge in [0, 0.05) is 6.42 Å². The molecule has 0 fully saturated rings. The van der Waals surface area contributed by atoms with Crippen LogP contribution in [0.2, 0.25) is 0 Å². The van der Waals surface area contributed by atoms with E-state index in [4.69, 9.17) is 0 Å². The van der Waals surface area contributed by atoms with Crippen molar-refractivity contribution in [3.8, 4) is 0 Å². The van der Waals surface area contributed by atoms with Crippen LogP contribution in [0.3, 0.4) is 0 Å². The van der Waals surface area contributed by atoms with Gasteiger partial charge in [-0.3, -0.25) is 0 Å². The van der Waals surface area contributed by atoms with Crippen LogP contribution in [-0.2, 0) is 19.2 Å². The molecule has 0 aromatic heterocycles. The van der Waals surface area contributed by atoms with E-state index in [0.29, 0.717) is 45.2 Å². The third-order valence-corrected chi connectivity index (χ3v) is 4.00. The van der Waals surface area contributed by atoms with E-state index in [1.54, 1.807) is 0 Å². The number of nitrogens with zero attached hydrogens (tertiary/aromatic N) is 4. The number of aliphatic imine (C=N–C) groups is 4. The predicted molar refractivity (Wildman–Crippen MR) is 108 cm³/mol. The topological polar surface area (TPSA) is 118 Å². The molecule has 180 valence electrons. The van der Waals surface area contributed by atoms with Crippen molar-refractivity contribution < 1.29 is 36.7 Å². The van der Waals surface area contributed by atoms with Crippen molar-refractivity contribution in [3.05, 3.63) is 0 Å². The summed E-state index contributed by atoms with van der Waals surface area (Å²) in [5.41, 5.74) is 0. The summed E-state index contributed by atoms with van der Waals surface area (Å²) in [6.07, 6.45) is 2.12. The fourth-order valence-corrected chi connectivity index (χ4v) is 2.38. The number of unbranched alkanes of at least 4 members (excludes halogenated alkanes) is 3. The zero-order valence-corrected chi connectivity index (χ0v) is 17.7. The number of hydrogen-bond donors (Lipinski definition) is 0. The molecule has 0 aromatic rings. The average molecular weight is 464 g/mol. The maximum atomic E-state index is 13.1. The third-order valence-electron chi connectivity index (χ3n) is 4.00. The molecule has 4 atom stereocenters. The lowest BCUT2D eigenvalue weighted by Gasteiger charge is -2.10. The second-order valence-electron chi connectivity index (χ2n) is 6.62. The highest BCUT2D eigenvalue weighted by Gasteiger charge is 2.19. The second kappa shape index (κ2) is 24.5. The van der Waals surface area contributed by atoms with Gasteiger partial charge in [0.1, 0.15) is 18.5 Å². The van der Waals surface area contributed by atoms with Gasteiger partial charge < -0.3 is 0 Å². The summed E-state index contributed by atoms with van der Waals surface area (Å²) in [5, 5.41) is 0. The van der Waals surface area contributed by atoms with Gasteiger partial charge in [-0.1, -0.05) is 12.8 Å². The Morgan fingerprint density at radius 2 is 1.03 bits per heavy atom. The summed E-state index contributed by atoms with van der Waals surface area (Å²) >= 11 is 0. The van der Waals surface area contributed by atoms with Crippen LogP contribution < -0.4 is 0 Å². The van der Waals surface area contributed by atoms with E-state index >= 15 is 0 Å².